The fourth-order valence-corrected chi connectivity index (χ4v) is 3.92. The highest BCUT2D eigenvalue weighted by atomic mass is 79.9. The van der Waals surface area contributed by atoms with Crippen molar-refractivity contribution in [2.24, 2.45) is 11.7 Å². The van der Waals surface area contributed by atoms with E-state index in [2.05, 4.69) is 21.2 Å². The zero-order chi connectivity index (χ0) is 19.1. The molecular formula is C18H24BrN3O3S. The summed E-state index contributed by atoms with van der Waals surface area (Å²) in [6.45, 7) is 0.986. The average Bonchev–Trinajstić information content (AvgIpc) is 2.64. The maximum atomic E-state index is 12.9. The predicted octanol–water partition coefficient (Wildman–Crippen LogP) is 2.02. The van der Waals surface area contributed by atoms with Crippen molar-refractivity contribution in [3.8, 4) is 0 Å². The van der Waals surface area contributed by atoms with Crippen LogP contribution in [0.4, 0.5) is 0 Å². The van der Waals surface area contributed by atoms with Crippen LogP contribution >= 0.6 is 27.7 Å². The smallest absolute Gasteiger partial charge is 0.253 e. The van der Waals surface area contributed by atoms with Gasteiger partial charge in [0.15, 0.2) is 0 Å². The number of benzene rings is 1. The minimum Gasteiger partial charge on any atom is -0.369 e. The van der Waals surface area contributed by atoms with E-state index >= 15 is 0 Å². The second kappa shape index (κ2) is 9.97. The summed E-state index contributed by atoms with van der Waals surface area (Å²) in [6.07, 6.45) is 3.68. The van der Waals surface area contributed by atoms with Crippen molar-refractivity contribution in [1.82, 2.24) is 10.2 Å². The quantitative estimate of drug-likeness (QED) is 0.676. The van der Waals surface area contributed by atoms with Gasteiger partial charge in [-0.3, -0.25) is 14.4 Å². The summed E-state index contributed by atoms with van der Waals surface area (Å²) in [6, 6.07) is 6.55. The number of nitrogens with one attached hydrogen (secondary N) is 1. The molecule has 6 nitrogen and oxygen atoms in total. The van der Waals surface area contributed by atoms with Crippen molar-refractivity contribution in [2.75, 3.05) is 25.1 Å². The van der Waals surface area contributed by atoms with Gasteiger partial charge in [-0.1, -0.05) is 12.1 Å². The summed E-state index contributed by atoms with van der Waals surface area (Å²) >= 11 is 5.00. The van der Waals surface area contributed by atoms with Crippen LogP contribution in [0.25, 0.3) is 0 Å². The number of hydrogen-bond donors (Lipinski definition) is 2. The van der Waals surface area contributed by atoms with Crippen LogP contribution < -0.4 is 11.1 Å². The summed E-state index contributed by atoms with van der Waals surface area (Å²) in [7, 11) is 0. The van der Waals surface area contributed by atoms with Crippen LogP contribution in [-0.4, -0.2) is 53.8 Å². The average molecular weight is 442 g/mol. The first kappa shape index (κ1) is 20.8. The second-order valence-corrected chi connectivity index (χ2v) is 8.13. The highest BCUT2D eigenvalue weighted by Crippen LogP contribution is 2.19. The van der Waals surface area contributed by atoms with Crippen molar-refractivity contribution in [1.29, 1.82) is 0 Å². The molecule has 3 N–H and O–H groups in total. The van der Waals surface area contributed by atoms with E-state index in [1.165, 1.54) is 0 Å². The van der Waals surface area contributed by atoms with Gasteiger partial charge in [0, 0.05) is 23.5 Å². The Bertz CT molecular complexity index is 663. The summed E-state index contributed by atoms with van der Waals surface area (Å²) < 4.78 is 0.691. The van der Waals surface area contributed by atoms with Crippen molar-refractivity contribution in [3.05, 3.63) is 34.3 Å². The molecule has 1 atom stereocenters. The third-order valence-electron chi connectivity index (χ3n) is 4.54. The molecule has 26 heavy (non-hydrogen) atoms. The number of piperidine rings is 1. The first-order chi connectivity index (χ1) is 12.4. The summed E-state index contributed by atoms with van der Waals surface area (Å²) in [5, 5.41) is 2.87. The minimum absolute atomic E-state index is 0.0950. The lowest BCUT2D eigenvalue weighted by molar-refractivity contribution is -0.136. The molecule has 1 aliphatic rings. The SMILES string of the molecule is CSCCC(NC(=O)c1ccccc1Br)C(=O)N1CCC(C(N)=O)CC1. The number of primary amides is 1. The van der Waals surface area contributed by atoms with Crippen molar-refractivity contribution in [3.63, 3.8) is 0 Å². The molecule has 1 fully saturated rings. The molecule has 0 bridgehead atoms. The maximum Gasteiger partial charge on any atom is 0.253 e. The Morgan fingerprint density at radius 1 is 1.31 bits per heavy atom. The van der Waals surface area contributed by atoms with Gasteiger partial charge in [-0.25, -0.2) is 0 Å². The minimum atomic E-state index is -0.577. The van der Waals surface area contributed by atoms with Crippen LogP contribution in [0.2, 0.25) is 0 Å². The van der Waals surface area contributed by atoms with Crippen LogP contribution in [0, 0.1) is 5.92 Å². The van der Waals surface area contributed by atoms with Crippen molar-refractivity contribution >= 4 is 45.4 Å². The number of hydrogen-bond acceptors (Lipinski definition) is 4. The highest BCUT2D eigenvalue weighted by molar-refractivity contribution is 9.10. The van der Waals surface area contributed by atoms with Crippen LogP contribution in [-0.2, 0) is 9.59 Å². The van der Waals surface area contributed by atoms with Gasteiger partial charge < -0.3 is 16.0 Å². The van der Waals surface area contributed by atoms with Crippen LogP contribution in [0.5, 0.6) is 0 Å². The monoisotopic (exact) mass is 441 g/mol. The normalized spacial score (nSPS) is 16.2. The molecule has 0 aliphatic carbocycles. The zero-order valence-electron chi connectivity index (χ0n) is 14.7. The first-order valence-corrected chi connectivity index (χ1v) is 10.7. The Labute approximate surface area is 166 Å². The number of carbonyl (C=O) groups excluding carboxylic acids is 3. The molecule has 1 aromatic carbocycles. The zero-order valence-corrected chi connectivity index (χ0v) is 17.1. The molecule has 0 aromatic heterocycles. The van der Waals surface area contributed by atoms with Gasteiger partial charge in [-0.15, -0.1) is 0 Å². The molecule has 1 aliphatic heterocycles. The molecule has 1 unspecified atom stereocenters. The number of amides is 3. The van der Waals surface area contributed by atoms with Crippen LogP contribution in [0.1, 0.15) is 29.6 Å². The summed E-state index contributed by atoms with van der Waals surface area (Å²) in [4.78, 5) is 38.5. The Hall–Kier alpha value is -1.54. The molecule has 1 aromatic rings. The number of nitrogens with zero attached hydrogens (tertiary/aromatic N) is 1. The third kappa shape index (κ3) is 5.48. The third-order valence-corrected chi connectivity index (χ3v) is 5.88. The lowest BCUT2D eigenvalue weighted by atomic mass is 9.95. The number of carbonyl (C=O) groups is 3. The van der Waals surface area contributed by atoms with E-state index in [-0.39, 0.29) is 23.6 Å². The van der Waals surface area contributed by atoms with Gasteiger partial charge in [0.1, 0.15) is 6.04 Å². The Balaban J connectivity index is 2.04. The van der Waals surface area contributed by atoms with E-state index in [1.54, 1.807) is 34.9 Å². The van der Waals surface area contributed by atoms with E-state index in [0.29, 0.717) is 42.4 Å². The van der Waals surface area contributed by atoms with Gasteiger partial charge in [-0.2, -0.15) is 11.8 Å². The van der Waals surface area contributed by atoms with Gasteiger partial charge in [-0.05, 0) is 59.3 Å². The van der Waals surface area contributed by atoms with E-state index in [1.807, 2.05) is 12.3 Å². The van der Waals surface area contributed by atoms with Crippen LogP contribution in [0.15, 0.2) is 28.7 Å². The summed E-state index contributed by atoms with van der Waals surface area (Å²) in [5.74, 6) is -0.0761. The Morgan fingerprint density at radius 2 is 1.96 bits per heavy atom. The molecule has 142 valence electrons. The first-order valence-electron chi connectivity index (χ1n) is 8.56. The molecule has 1 saturated heterocycles. The fraction of sp³-hybridized carbons (Fsp3) is 0.500. The second-order valence-electron chi connectivity index (χ2n) is 6.29. The molecule has 1 heterocycles. The fourth-order valence-electron chi connectivity index (χ4n) is 2.98. The van der Waals surface area contributed by atoms with Gasteiger partial charge in [0.05, 0.1) is 5.56 Å². The van der Waals surface area contributed by atoms with Crippen molar-refractivity contribution < 1.29 is 14.4 Å². The standard InChI is InChI=1S/C18H24BrN3O3S/c1-26-11-8-15(21-17(24)13-4-2-3-5-14(13)19)18(25)22-9-6-12(7-10-22)16(20)23/h2-5,12,15H,6-11H2,1H3,(H2,20,23)(H,21,24). The molecular weight excluding hydrogens is 418 g/mol. The Kier molecular flexibility index (Phi) is 7.96. The molecule has 8 heteroatoms. The van der Waals surface area contributed by atoms with E-state index in [4.69, 9.17) is 5.73 Å². The number of rotatable bonds is 7. The van der Waals surface area contributed by atoms with Crippen molar-refractivity contribution in [2.45, 2.75) is 25.3 Å². The number of likely N-dealkylation sites (tertiary alicyclic amines) is 1. The number of thioether (sulfide) groups is 1. The summed E-state index contributed by atoms with van der Waals surface area (Å²) in [5.41, 5.74) is 5.85. The molecule has 2 rings (SSSR count). The number of nitrogens with two attached hydrogens (primary N) is 1. The predicted molar refractivity (Wildman–Crippen MR) is 107 cm³/mol. The van der Waals surface area contributed by atoms with E-state index in [9.17, 15) is 14.4 Å². The maximum absolute atomic E-state index is 12.9. The van der Waals surface area contributed by atoms with Gasteiger partial charge >= 0.3 is 0 Å². The highest BCUT2D eigenvalue weighted by Gasteiger charge is 2.31. The number of halogens is 1. The lowest BCUT2D eigenvalue weighted by Crippen LogP contribution is -2.51. The molecule has 0 saturated carbocycles. The van der Waals surface area contributed by atoms with Gasteiger partial charge in [0.2, 0.25) is 11.8 Å². The topological polar surface area (TPSA) is 92.5 Å². The van der Waals surface area contributed by atoms with Crippen LogP contribution in [0.3, 0.4) is 0 Å². The molecule has 3 amide bonds. The molecule has 0 spiro atoms. The lowest BCUT2D eigenvalue weighted by Gasteiger charge is -2.33. The largest absolute Gasteiger partial charge is 0.369 e. The van der Waals surface area contributed by atoms with Gasteiger partial charge in [0.25, 0.3) is 5.91 Å². The van der Waals surface area contributed by atoms with E-state index in [0.717, 1.165) is 5.75 Å². The molecule has 0 radical (unpaired) electrons. The Morgan fingerprint density at radius 3 is 2.54 bits per heavy atom. The van der Waals surface area contributed by atoms with E-state index < -0.39 is 6.04 Å².